The van der Waals surface area contributed by atoms with Crippen LogP contribution in [-0.4, -0.2) is 19.1 Å². The highest BCUT2D eigenvalue weighted by atomic mass is 16.5. The molecule has 0 saturated carbocycles. The number of rotatable bonds is 5. The van der Waals surface area contributed by atoms with Gasteiger partial charge in [0.25, 0.3) is 0 Å². The van der Waals surface area contributed by atoms with Gasteiger partial charge in [0.05, 0.1) is 26.3 Å². The molecule has 78 valence electrons. The van der Waals surface area contributed by atoms with Crippen molar-refractivity contribution in [3.8, 4) is 0 Å². The fourth-order valence-corrected chi connectivity index (χ4v) is 1.09. The number of methoxy groups -OCH3 is 1. The minimum atomic E-state index is -0.204. The van der Waals surface area contributed by atoms with Crippen LogP contribution in [-0.2, 0) is 16.1 Å². The molecule has 4 nitrogen and oxygen atoms in total. The van der Waals surface area contributed by atoms with E-state index in [9.17, 15) is 4.79 Å². The van der Waals surface area contributed by atoms with Gasteiger partial charge in [0.1, 0.15) is 5.76 Å². The summed E-state index contributed by atoms with van der Waals surface area (Å²) in [5, 5.41) is 3.16. The Morgan fingerprint density at radius 3 is 3.07 bits per heavy atom. The maximum Gasteiger partial charge on any atom is 0.307 e. The van der Waals surface area contributed by atoms with Gasteiger partial charge >= 0.3 is 5.97 Å². The van der Waals surface area contributed by atoms with Crippen LogP contribution in [0.4, 0.5) is 0 Å². The first-order valence-corrected chi connectivity index (χ1v) is 4.55. The summed E-state index contributed by atoms with van der Waals surface area (Å²) in [6.45, 7) is 2.56. The number of hydrogen-bond acceptors (Lipinski definition) is 4. The third-order valence-corrected chi connectivity index (χ3v) is 1.91. The van der Waals surface area contributed by atoms with Gasteiger partial charge in [-0.05, 0) is 19.1 Å². The molecule has 0 aliphatic rings. The Labute approximate surface area is 83.2 Å². The van der Waals surface area contributed by atoms with Crippen molar-refractivity contribution in [1.82, 2.24) is 5.32 Å². The molecular formula is C10H15NO3. The van der Waals surface area contributed by atoms with Crippen LogP contribution >= 0.6 is 0 Å². The molecular weight excluding hydrogens is 182 g/mol. The van der Waals surface area contributed by atoms with Gasteiger partial charge < -0.3 is 14.5 Å². The van der Waals surface area contributed by atoms with E-state index in [1.54, 1.807) is 6.26 Å². The summed E-state index contributed by atoms with van der Waals surface area (Å²) in [6.07, 6.45) is 2.00. The van der Waals surface area contributed by atoms with Crippen molar-refractivity contribution < 1.29 is 13.9 Å². The summed E-state index contributed by atoms with van der Waals surface area (Å²) in [7, 11) is 1.39. The average Bonchev–Trinajstić information content (AvgIpc) is 2.67. The molecule has 1 unspecified atom stereocenters. The first-order chi connectivity index (χ1) is 6.72. The van der Waals surface area contributed by atoms with Gasteiger partial charge in [-0.15, -0.1) is 0 Å². The number of esters is 1. The summed E-state index contributed by atoms with van der Waals surface area (Å²) in [6, 6.07) is 3.81. The van der Waals surface area contributed by atoms with E-state index in [2.05, 4.69) is 10.1 Å². The van der Waals surface area contributed by atoms with E-state index in [0.717, 1.165) is 5.76 Å². The SMILES string of the molecule is COC(=O)CC(C)NCc1ccco1. The van der Waals surface area contributed by atoms with Crippen LogP contribution in [0.25, 0.3) is 0 Å². The molecule has 0 aromatic carbocycles. The average molecular weight is 197 g/mol. The number of nitrogens with one attached hydrogen (secondary N) is 1. The Morgan fingerprint density at radius 2 is 2.50 bits per heavy atom. The molecule has 1 aromatic heterocycles. The summed E-state index contributed by atoms with van der Waals surface area (Å²) >= 11 is 0. The van der Waals surface area contributed by atoms with Crippen LogP contribution in [0, 0.1) is 0 Å². The molecule has 0 bridgehead atoms. The van der Waals surface area contributed by atoms with Crippen molar-refractivity contribution >= 4 is 5.97 Å². The van der Waals surface area contributed by atoms with Crippen molar-refractivity contribution in [2.75, 3.05) is 7.11 Å². The topological polar surface area (TPSA) is 51.5 Å². The van der Waals surface area contributed by atoms with Gasteiger partial charge in [0, 0.05) is 6.04 Å². The van der Waals surface area contributed by atoms with E-state index >= 15 is 0 Å². The van der Waals surface area contributed by atoms with E-state index in [0.29, 0.717) is 13.0 Å². The molecule has 1 N–H and O–H groups in total. The van der Waals surface area contributed by atoms with Gasteiger partial charge in [-0.2, -0.15) is 0 Å². The molecule has 0 amide bonds. The second kappa shape index (κ2) is 5.44. The molecule has 1 rings (SSSR count). The summed E-state index contributed by atoms with van der Waals surface area (Å²) in [5.74, 6) is 0.658. The molecule has 0 spiro atoms. The van der Waals surface area contributed by atoms with Crippen molar-refractivity contribution in [3.63, 3.8) is 0 Å². The van der Waals surface area contributed by atoms with Gasteiger partial charge in [0.2, 0.25) is 0 Å². The fraction of sp³-hybridized carbons (Fsp3) is 0.500. The van der Waals surface area contributed by atoms with Gasteiger partial charge in [-0.1, -0.05) is 0 Å². The lowest BCUT2D eigenvalue weighted by molar-refractivity contribution is -0.141. The number of ether oxygens (including phenoxy) is 1. The first-order valence-electron chi connectivity index (χ1n) is 4.55. The minimum Gasteiger partial charge on any atom is -0.469 e. The van der Waals surface area contributed by atoms with Crippen LogP contribution in [0.5, 0.6) is 0 Å². The Morgan fingerprint density at radius 1 is 1.71 bits per heavy atom. The molecule has 0 saturated heterocycles. The van der Waals surface area contributed by atoms with Gasteiger partial charge in [-0.25, -0.2) is 0 Å². The minimum absolute atomic E-state index is 0.0903. The van der Waals surface area contributed by atoms with Gasteiger partial charge in [0.15, 0.2) is 0 Å². The third-order valence-electron chi connectivity index (χ3n) is 1.91. The molecule has 0 aliphatic heterocycles. The zero-order valence-corrected chi connectivity index (χ0v) is 8.45. The summed E-state index contributed by atoms with van der Waals surface area (Å²) < 4.78 is 9.69. The van der Waals surface area contributed by atoms with E-state index in [4.69, 9.17) is 4.42 Å². The first kappa shape index (κ1) is 10.8. The monoisotopic (exact) mass is 197 g/mol. The Hall–Kier alpha value is -1.29. The number of carbonyl (C=O) groups is 1. The highest BCUT2D eigenvalue weighted by Gasteiger charge is 2.08. The second-order valence-corrected chi connectivity index (χ2v) is 3.14. The van der Waals surface area contributed by atoms with E-state index in [-0.39, 0.29) is 12.0 Å². The highest BCUT2D eigenvalue weighted by molar-refractivity contribution is 5.69. The van der Waals surface area contributed by atoms with Crippen LogP contribution in [0.15, 0.2) is 22.8 Å². The van der Waals surface area contributed by atoms with Crippen molar-refractivity contribution in [2.24, 2.45) is 0 Å². The lowest BCUT2D eigenvalue weighted by Crippen LogP contribution is -2.28. The van der Waals surface area contributed by atoms with Crippen LogP contribution in [0.2, 0.25) is 0 Å². The molecule has 1 heterocycles. The van der Waals surface area contributed by atoms with Crippen molar-refractivity contribution in [2.45, 2.75) is 25.9 Å². The third kappa shape index (κ3) is 3.62. The largest absolute Gasteiger partial charge is 0.469 e. The summed E-state index contributed by atoms with van der Waals surface area (Å²) in [4.78, 5) is 10.9. The van der Waals surface area contributed by atoms with E-state index in [1.807, 2.05) is 19.1 Å². The molecule has 4 heteroatoms. The smallest absolute Gasteiger partial charge is 0.307 e. The van der Waals surface area contributed by atoms with Crippen LogP contribution in [0.1, 0.15) is 19.1 Å². The Kier molecular flexibility index (Phi) is 4.19. The fourth-order valence-electron chi connectivity index (χ4n) is 1.09. The highest BCUT2D eigenvalue weighted by Crippen LogP contribution is 2.01. The van der Waals surface area contributed by atoms with E-state index < -0.39 is 0 Å². The quantitative estimate of drug-likeness (QED) is 0.723. The van der Waals surface area contributed by atoms with E-state index in [1.165, 1.54) is 7.11 Å². The normalized spacial score (nSPS) is 12.4. The number of hydrogen-bond donors (Lipinski definition) is 1. The second-order valence-electron chi connectivity index (χ2n) is 3.14. The lowest BCUT2D eigenvalue weighted by Gasteiger charge is -2.10. The summed E-state index contributed by atoms with van der Waals surface area (Å²) in [5.41, 5.74) is 0. The number of furan rings is 1. The molecule has 1 atom stereocenters. The zero-order valence-electron chi connectivity index (χ0n) is 8.45. The number of carbonyl (C=O) groups excluding carboxylic acids is 1. The zero-order chi connectivity index (χ0) is 10.4. The Balaban J connectivity index is 2.21. The molecule has 14 heavy (non-hydrogen) atoms. The van der Waals surface area contributed by atoms with Gasteiger partial charge in [-0.3, -0.25) is 4.79 Å². The predicted molar refractivity (Wildman–Crippen MR) is 51.6 cm³/mol. The van der Waals surface area contributed by atoms with Crippen LogP contribution < -0.4 is 5.32 Å². The standard InChI is InChI=1S/C10H15NO3/c1-8(6-10(12)13-2)11-7-9-4-3-5-14-9/h3-5,8,11H,6-7H2,1-2H3. The van der Waals surface area contributed by atoms with Crippen molar-refractivity contribution in [1.29, 1.82) is 0 Å². The lowest BCUT2D eigenvalue weighted by atomic mass is 10.2. The maximum atomic E-state index is 10.9. The maximum absolute atomic E-state index is 10.9. The molecule has 1 aromatic rings. The predicted octanol–water partition coefficient (Wildman–Crippen LogP) is 1.32. The van der Waals surface area contributed by atoms with Crippen LogP contribution in [0.3, 0.4) is 0 Å². The molecule has 0 radical (unpaired) electrons. The van der Waals surface area contributed by atoms with Crippen molar-refractivity contribution in [3.05, 3.63) is 24.2 Å². The molecule has 0 fully saturated rings. The molecule has 0 aliphatic carbocycles. The Bertz CT molecular complexity index is 269.